The van der Waals surface area contributed by atoms with Crippen molar-refractivity contribution in [2.75, 3.05) is 6.54 Å². The van der Waals surface area contributed by atoms with Crippen LogP contribution in [0.5, 0.6) is 5.75 Å². The summed E-state index contributed by atoms with van der Waals surface area (Å²) in [6, 6.07) is 6.48. The van der Waals surface area contributed by atoms with Gasteiger partial charge in [-0.3, -0.25) is 0 Å². The first-order chi connectivity index (χ1) is 10.1. The van der Waals surface area contributed by atoms with Gasteiger partial charge in [0.15, 0.2) is 0 Å². The van der Waals surface area contributed by atoms with Crippen molar-refractivity contribution in [2.24, 2.45) is 0 Å². The normalized spacial score (nSPS) is 10.9. The Labute approximate surface area is 132 Å². The summed E-state index contributed by atoms with van der Waals surface area (Å²) in [6.07, 6.45) is 1.09. The van der Waals surface area contributed by atoms with Crippen molar-refractivity contribution >= 4 is 15.9 Å². The molecule has 0 unspecified atom stereocenters. The van der Waals surface area contributed by atoms with Crippen molar-refractivity contribution in [3.05, 3.63) is 51.6 Å². The van der Waals surface area contributed by atoms with Gasteiger partial charge < -0.3 is 14.5 Å². The van der Waals surface area contributed by atoms with E-state index in [2.05, 4.69) is 28.2 Å². The molecule has 1 N–H and O–H groups in total. The topological polar surface area (TPSA) is 34.4 Å². The van der Waals surface area contributed by atoms with Crippen LogP contribution in [0.15, 0.2) is 33.2 Å². The van der Waals surface area contributed by atoms with Gasteiger partial charge in [-0.15, -0.1) is 0 Å². The van der Waals surface area contributed by atoms with Crippen LogP contribution in [0.1, 0.15) is 30.4 Å². The quantitative estimate of drug-likeness (QED) is 0.738. The Morgan fingerprint density at radius 1 is 1.29 bits per heavy atom. The number of hydrogen-bond acceptors (Lipinski definition) is 3. The van der Waals surface area contributed by atoms with Crippen LogP contribution >= 0.6 is 15.9 Å². The highest BCUT2D eigenvalue weighted by Gasteiger charge is 2.08. The monoisotopic (exact) mass is 355 g/mol. The van der Waals surface area contributed by atoms with Crippen LogP contribution in [0.3, 0.4) is 0 Å². The fraction of sp³-hybridized carbons (Fsp3) is 0.375. The lowest BCUT2D eigenvalue weighted by Gasteiger charge is -2.06. The van der Waals surface area contributed by atoms with Gasteiger partial charge >= 0.3 is 0 Å². The highest BCUT2D eigenvalue weighted by atomic mass is 79.9. The molecular weight excluding hydrogens is 337 g/mol. The predicted molar refractivity (Wildman–Crippen MR) is 83.9 cm³/mol. The molecule has 0 atom stereocenters. The number of nitrogens with one attached hydrogen (secondary N) is 1. The molecule has 5 heteroatoms. The third-order valence-corrected chi connectivity index (χ3v) is 3.49. The van der Waals surface area contributed by atoms with Crippen LogP contribution in [-0.4, -0.2) is 6.54 Å². The number of furan rings is 1. The van der Waals surface area contributed by atoms with Gasteiger partial charge in [0, 0.05) is 16.1 Å². The average molecular weight is 356 g/mol. The van der Waals surface area contributed by atoms with Gasteiger partial charge in [0.1, 0.15) is 29.7 Å². The number of hydrogen-bond donors (Lipinski definition) is 1. The minimum atomic E-state index is -0.326. The van der Waals surface area contributed by atoms with E-state index in [-0.39, 0.29) is 5.82 Å². The second-order valence-corrected chi connectivity index (χ2v) is 5.78. The van der Waals surface area contributed by atoms with Gasteiger partial charge in [-0.1, -0.05) is 22.9 Å². The van der Waals surface area contributed by atoms with E-state index in [1.165, 1.54) is 12.1 Å². The van der Waals surface area contributed by atoms with E-state index >= 15 is 0 Å². The van der Waals surface area contributed by atoms with Crippen molar-refractivity contribution in [3.8, 4) is 5.75 Å². The number of halogens is 2. The zero-order chi connectivity index (χ0) is 15.2. The fourth-order valence-corrected chi connectivity index (χ4v) is 2.42. The SMILES string of the molecule is CCCNCc1cc(COc2cc(F)cc(Br)c2)c(C)o1. The summed E-state index contributed by atoms with van der Waals surface area (Å²) in [7, 11) is 0. The third-order valence-electron chi connectivity index (χ3n) is 3.03. The van der Waals surface area contributed by atoms with Crippen LogP contribution in [0.2, 0.25) is 0 Å². The zero-order valence-electron chi connectivity index (χ0n) is 12.2. The first-order valence-electron chi connectivity index (χ1n) is 6.96. The molecule has 0 saturated heterocycles. The van der Waals surface area contributed by atoms with Crippen molar-refractivity contribution in [2.45, 2.75) is 33.4 Å². The van der Waals surface area contributed by atoms with E-state index < -0.39 is 0 Å². The highest BCUT2D eigenvalue weighted by Crippen LogP contribution is 2.23. The molecule has 1 aromatic carbocycles. The standard InChI is InChI=1S/C16H19BrFNO2/c1-3-4-19-9-16-5-12(11(2)21-16)10-20-15-7-13(17)6-14(18)8-15/h5-8,19H,3-4,9-10H2,1-2H3. The second-order valence-electron chi connectivity index (χ2n) is 4.86. The van der Waals surface area contributed by atoms with E-state index in [0.29, 0.717) is 23.4 Å². The Kier molecular flexibility index (Phi) is 5.82. The van der Waals surface area contributed by atoms with Crippen LogP contribution in [0.25, 0.3) is 0 Å². The van der Waals surface area contributed by atoms with Crippen LogP contribution in [-0.2, 0) is 13.2 Å². The molecule has 1 heterocycles. The molecule has 114 valence electrons. The summed E-state index contributed by atoms with van der Waals surface area (Å²) in [5, 5.41) is 3.29. The molecule has 0 aliphatic rings. The summed E-state index contributed by atoms with van der Waals surface area (Å²) in [5.74, 6) is 1.89. The van der Waals surface area contributed by atoms with Gasteiger partial charge in [0.2, 0.25) is 0 Å². The van der Waals surface area contributed by atoms with E-state index in [4.69, 9.17) is 9.15 Å². The molecule has 0 saturated carbocycles. The Balaban J connectivity index is 1.96. The Morgan fingerprint density at radius 2 is 2.10 bits per heavy atom. The number of benzene rings is 1. The van der Waals surface area contributed by atoms with Gasteiger partial charge in [0.25, 0.3) is 0 Å². The summed E-state index contributed by atoms with van der Waals surface area (Å²) >= 11 is 3.25. The van der Waals surface area contributed by atoms with Crippen molar-refractivity contribution in [3.63, 3.8) is 0 Å². The summed E-state index contributed by atoms with van der Waals surface area (Å²) in [5.41, 5.74) is 0.976. The van der Waals surface area contributed by atoms with Gasteiger partial charge in [-0.05, 0) is 38.1 Å². The Bertz CT molecular complexity index is 578. The highest BCUT2D eigenvalue weighted by molar-refractivity contribution is 9.10. The Morgan fingerprint density at radius 3 is 2.81 bits per heavy atom. The van der Waals surface area contributed by atoms with Crippen molar-refractivity contribution in [1.82, 2.24) is 5.32 Å². The lowest BCUT2D eigenvalue weighted by molar-refractivity contribution is 0.301. The third kappa shape index (κ3) is 4.86. The van der Waals surface area contributed by atoms with Gasteiger partial charge in [-0.25, -0.2) is 4.39 Å². The predicted octanol–water partition coefficient (Wildman–Crippen LogP) is 4.57. The zero-order valence-corrected chi connectivity index (χ0v) is 13.8. The molecule has 3 nitrogen and oxygen atoms in total. The van der Waals surface area contributed by atoms with Crippen LogP contribution < -0.4 is 10.1 Å². The van der Waals surface area contributed by atoms with E-state index in [1.54, 1.807) is 6.07 Å². The average Bonchev–Trinajstić information content (AvgIpc) is 2.76. The molecule has 2 rings (SSSR count). The minimum absolute atomic E-state index is 0.326. The maximum atomic E-state index is 13.3. The summed E-state index contributed by atoms with van der Waals surface area (Å²) in [4.78, 5) is 0. The van der Waals surface area contributed by atoms with Crippen LogP contribution in [0, 0.1) is 12.7 Å². The number of aryl methyl sites for hydroxylation is 1. The molecule has 0 amide bonds. The fourth-order valence-electron chi connectivity index (χ4n) is 1.98. The molecule has 0 aliphatic heterocycles. The van der Waals surface area contributed by atoms with E-state index in [9.17, 15) is 4.39 Å². The summed E-state index contributed by atoms with van der Waals surface area (Å²) < 4.78 is 25.2. The molecule has 0 spiro atoms. The smallest absolute Gasteiger partial charge is 0.128 e. The molecule has 0 aliphatic carbocycles. The number of ether oxygens (including phenoxy) is 1. The van der Waals surface area contributed by atoms with Crippen LogP contribution in [0.4, 0.5) is 4.39 Å². The largest absolute Gasteiger partial charge is 0.489 e. The lowest BCUT2D eigenvalue weighted by Crippen LogP contribution is -2.13. The molecule has 0 radical (unpaired) electrons. The minimum Gasteiger partial charge on any atom is -0.489 e. The second kappa shape index (κ2) is 7.61. The van der Waals surface area contributed by atoms with Gasteiger partial charge in [-0.2, -0.15) is 0 Å². The molecule has 2 aromatic rings. The van der Waals surface area contributed by atoms with Crippen molar-refractivity contribution in [1.29, 1.82) is 0 Å². The Hall–Kier alpha value is -1.33. The van der Waals surface area contributed by atoms with Gasteiger partial charge in [0.05, 0.1) is 6.54 Å². The molecule has 21 heavy (non-hydrogen) atoms. The first kappa shape index (κ1) is 16.0. The summed E-state index contributed by atoms with van der Waals surface area (Å²) in [6.45, 7) is 6.06. The maximum Gasteiger partial charge on any atom is 0.128 e. The first-order valence-corrected chi connectivity index (χ1v) is 7.75. The lowest BCUT2D eigenvalue weighted by atomic mass is 10.2. The molecule has 0 fully saturated rings. The van der Waals surface area contributed by atoms with E-state index in [0.717, 1.165) is 30.0 Å². The molecule has 0 bridgehead atoms. The van der Waals surface area contributed by atoms with E-state index in [1.807, 2.05) is 13.0 Å². The van der Waals surface area contributed by atoms with Crippen molar-refractivity contribution < 1.29 is 13.5 Å². The maximum absolute atomic E-state index is 13.3. The molecule has 1 aromatic heterocycles. The number of rotatable bonds is 7. The molecular formula is C16H19BrFNO2.